The molecule has 2 aromatic carbocycles. The molecule has 0 spiro atoms. The summed E-state index contributed by atoms with van der Waals surface area (Å²) in [5, 5.41) is 3.19. The van der Waals surface area contributed by atoms with Crippen LogP contribution in [0.2, 0.25) is 4.34 Å². The van der Waals surface area contributed by atoms with E-state index in [1.54, 1.807) is 7.11 Å². The fraction of sp³-hybridized carbons (Fsp3) is 0.292. The molecule has 0 atom stereocenters. The number of thiophene rings is 1. The Hall–Kier alpha value is -2.50. The molecule has 1 aromatic heterocycles. The van der Waals surface area contributed by atoms with Gasteiger partial charge in [0.1, 0.15) is 5.75 Å². The van der Waals surface area contributed by atoms with Crippen LogP contribution in [0.5, 0.6) is 5.75 Å². The van der Waals surface area contributed by atoms with Crippen LogP contribution in [0.4, 0.5) is 5.69 Å². The number of halogens is 1. The smallest absolute Gasteiger partial charge is 0.316 e. The number of esters is 1. The van der Waals surface area contributed by atoms with Gasteiger partial charge >= 0.3 is 5.97 Å². The summed E-state index contributed by atoms with van der Waals surface area (Å²) in [7, 11) is 3.56. The molecule has 0 amide bonds. The molecule has 1 heterocycles. The molecule has 0 saturated heterocycles. The summed E-state index contributed by atoms with van der Waals surface area (Å²) < 4.78 is 11.7. The Morgan fingerprint density at radius 1 is 1.13 bits per heavy atom. The minimum absolute atomic E-state index is 0.116. The van der Waals surface area contributed by atoms with Crippen molar-refractivity contribution in [1.29, 1.82) is 0 Å². The fourth-order valence-electron chi connectivity index (χ4n) is 3.81. The van der Waals surface area contributed by atoms with E-state index in [4.69, 9.17) is 21.1 Å². The van der Waals surface area contributed by atoms with Crippen molar-refractivity contribution >= 4 is 34.6 Å². The molecule has 1 saturated carbocycles. The number of ether oxygens (including phenoxy) is 2. The lowest BCUT2D eigenvalue weighted by Crippen LogP contribution is -2.23. The largest absolute Gasteiger partial charge is 0.496 e. The predicted octanol–water partition coefficient (Wildman–Crippen LogP) is 6.38. The van der Waals surface area contributed by atoms with Gasteiger partial charge in [-0.3, -0.25) is 4.79 Å². The van der Waals surface area contributed by atoms with E-state index in [9.17, 15) is 4.79 Å². The molecule has 1 aliphatic rings. The lowest BCUT2D eigenvalue weighted by atomic mass is 9.93. The third kappa shape index (κ3) is 3.68. The summed E-state index contributed by atoms with van der Waals surface area (Å²) >= 11 is 7.74. The molecule has 0 radical (unpaired) electrons. The van der Waals surface area contributed by atoms with Crippen LogP contribution >= 0.6 is 22.9 Å². The quantitative estimate of drug-likeness (QED) is 0.432. The summed E-state index contributed by atoms with van der Waals surface area (Å²) in [6.45, 7) is 2.25. The lowest BCUT2D eigenvalue weighted by molar-refractivity contribution is -0.146. The van der Waals surface area contributed by atoms with Crippen molar-refractivity contribution in [1.82, 2.24) is 0 Å². The maximum absolute atomic E-state index is 12.4. The number of benzene rings is 2. The third-order valence-electron chi connectivity index (χ3n) is 5.60. The maximum Gasteiger partial charge on any atom is 0.316 e. The number of hydrogen-bond acceptors (Lipinski definition) is 5. The molecule has 156 valence electrons. The van der Waals surface area contributed by atoms with Crippen molar-refractivity contribution in [3.05, 3.63) is 58.4 Å². The van der Waals surface area contributed by atoms with Crippen LogP contribution in [0.1, 0.15) is 25.3 Å². The van der Waals surface area contributed by atoms with E-state index >= 15 is 0 Å². The number of methoxy groups -OCH3 is 1. The molecule has 6 heteroatoms. The third-order valence-corrected chi connectivity index (χ3v) is 6.91. The highest BCUT2D eigenvalue weighted by molar-refractivity contribution is 7.20. The van der Waals surface area contributed by atoms with Crippen LogP contribution in [0, 0.1) is 0 Å². The molecule has 30 heavy (non-hydrogen) atoms. The molecule has 1 aliphatic carbocycles. The molecular weight excluding hydrogens is 418 g/mol. The average Bonchev–Trinajstić information content (AvgIpc) is 3.50. The highest BCUT2D eigenvalue weighted by Gasteiger charge is 2.52. The number of anilines is 1. The monoisotopic (exact) mass is 441 g/mol. The molecule has 0 bridgehead atoms. The molecular formula is C24H24ClNO3S. The number of rotatable bonds is 7. The first kappa shape index (κ1) is 20.8. The van der Waals surface area contributed by atoms with Gasteiger partial charge in [-0.15, -0.1) is 11.3 Å². The van der Waals surface area contributed by atoms with Crippen LogP contribution < -0.4 is 10.1 Å². The summed E-state index contributed by atoms with van der Waals surface area (Å²) in [5.41, 5.74) is 4.66. The van der Waals surface area contributed by atoms with E-state index in [1.807, 2.05) is 50.4 Å². The standard InChI is InChI=1S/C24H24ClNO3S/c1-4-29-23(27)24(11-12-24)17-8-5-15(6-9-17)18-10-7-16(13-20(18)28-3)22-19(26-2)14-21(25)30-22/h5-10,13-14,26H,4,11-12H2,1-3H3. The van der Waals surface area contributed by atoms with Crippen molar-refractivity contribution in [2.24, 2.45) is 0 Å². The SMILES string of the molecule is CCOC(=O)C1(c2ccc(-c3ccc(-c4sc(Cl)cc4NC)cc3OC)cc2)CC1. The molecule has 3 aromatic rings. The molecule has 4 rings (SSSR count). The van der Waals surface area contributed by atoms with E-state index in [1.165, 1.54) is 11.3 Å². The Morgan fingerprint density at radius 3 is 2.43 bits per heavy atom. The fourth-order valence-corrected chi connectivity index (χ4v) is 5.03. The second-order valence-corrected chi connectivity index (χ2v) is 9.02. The summed E-state index contributed by atoms with van der Waals surface area (Å²) in [6.07, 6.45) is 1.70. The Morgan fingerprint density at radius 2 is 1.83 bits per heavy atom. The first-order chi connectivity index (χ1) is 14.5. The number of nitrogens with one attached hydrogen (secondary N) is 1. The van der Waals surface area contributed by atoms with Crippen molar-refractivity contribution in [2.75, 3.05) is 26.1 Å². The first-order valence-corrected chi connectivity index (χ1v) is 11.2. The zero-order chi connectivity index (χ0) is 21.3. The minimum atomic E-state index is -0.454. The predicted molar refractivity (Wildman–Crippen MR) is 124 cm³/mol. The number of carbonyl (C=O) groups is 1. The Kier molecular flexibility index (Phi) is 5.76. The molecule has 1 fully saturated rings. The van der Waals surface area contributed by atoms with E-state index in [2.05, 4.69) is 17.4 Å². The Balaban J connectivity index is 1.65. The van der Waals surface area contributed by atoms with Gasteiger partial charge in [0.05, 0.1) is 34.0 Å². The Bertz CT molecular complexity index is 1070. The van der Waals surface area contributed by atoms with Crippen molar-refractivity contribution < 1.29 is 14.3 Å². The summed E-state index contributed by atoms with van der Waals surface area (Å²) in [6, 6.07) is 16.3. The van der Waals surface area contributed by atoms with Crippen LogP contribution in [-0.2, 0) is 14.9 Å². The summed E-state index contributed by atoms with van der Waals surface area (Å²) in [5.74, 6) is 0.674. The maximum atomic E-state index is 12.4. The second-order valence-electron chi connectivity index (χ2n) is 7.34. The van der Waals surface area contributed by atoms with E-state index in [0.29, 0.717) is 6.61 Å². The van der Waals surface area contributed by atoms with E-state index in [-0.39, 0.29) is 5.97 Å². The minimum Gasteiger partial charge on any atom is -0.496 e. The van der Waals surface area contributed by atoms with Crippen LogP contribution in [-0.4, -0.2) is 26.7 Å². The number of hydrogen-bond donors (Lipinski definition) is 1. The highest BCUT2D eigenvalue weighted by Crippen LogP contribution is 2.50. The van der Waals surface area contributed by atoms with Gasteiger partial charge in [-0.2, -0.15) is 0 Å². The van der Waals surface area contributed by atoms with E-state index in [0.717, 1.165) is 55.7 Å². The summed E-state index contributed by atoms with van der Waals surface area (Å²) in [4.78, 5) is 13.4. The topological polar surface area (TPSA) is 47.6 Å². The van der Waals surface area contributed by atoms with Gasteiger partial charge in [0.2, 0.25) is 0 Å². The van der Waals surface area contributed by atoms with Gasteiger partial charge < -0.3 is 14.8 Å². The Labute approximate surface area is 185 Å². The van der Waals surface area contributed by atoms with E-state index < -0.39 is 5.41 Å². The van der Waals surface area contributed by atoms with Gasteiger partial charge in [0.15, 0.2) is 0 Å². The molecule has 1 N–H and O–H groups in total. The van der Waals surface area contributed by atoms with Crippen LogP contribution in [0.3, 0.4) is 0 Å². The molecule has 4 nitrogen and oxygen atoms in total. The normalized spacial score (nSPS) is 14.3. The molecule has 0 unspecified atom stereocenters. The highest BCUT2D eigenvalue weighted by atomic mass is 35.5. The van der Waals surface area contributed by atoms with Gasteiger partial charge in [0, 0.05) is 12.6 Å². The second kappa shape index (κ2) is 8.32. The lowest BCUT2D eigenvalue weighted by Gasteiger charge is -2.16. The van der Waals surface area contributed by atoms with Gasteiger partial charge in [0.25, 0.3) is 0 Å². The van der Waals surface area contributed by atoms with Crippen LogP contribution in [0.25, 0.3) is 21.6 Å². The van der Waals surface area contributed by atoms with Crippen molar-refractivity contribution in [3.8, 4) is 27.3 Å². The number of carbonyl (C=O) groups excluding carboxylic acids is 1. The van der Waals surface area contributed by atoms with Gasteiger partial charge in [-0.1, -0.05) is 48.0 Å². The van der Waals surface area contributed by atoms with Crippen LogP contribution in [0.15, 0.2) is 48.5 Å². The van der Waals surface area contributed by atoms with Gasteiger partial charge in [-0.05, 0) is 48.6 Å². The zero-order valence-electron chi connectivity index (χ0n) is 17.3. The average molecular weight is 442 g/mol. The van der Waals surface area contributed by atoms with Gasteiger partial charge in [-0.25, -0.2) is 0 Å². The first-order valence-electron chi connectivity index (χ1n) is 9.96. The molecule has 0 aliphatic heterocycles. The van der Waals surface area contributed by atoms with Crippen molar-refractivity contribution in [3.63, 3.8) is 0 Å². The van der Waals surface area contributed by atoms with Crippen molar-refractivity contribution in [2.45, 2.75) is 25.2 Å². The zero-order valence-corrected chi connectivity index (χ0v) is 18.8.